The van der Waals surface area contributed by atoms with Gasteiger partial charge in [0.05, 0.1) is 10.7 Å². The van der Waals surface area contributed by atoms with Crippen LogP contribution in [0.5, 0.6) is 0 Å². The largest absolute Gasteiger partial charge is 0.309 e. The van der Waals surface area contributed by atoms with Gasteiger partial charge in [0.25, 0.3) is 0 Å². The molecule has 0 aliphatic heterocycles. The van der Waals surface area contributed by atoms with Gasteiger partial charge in [0.15, 0.2) is 0 Å². The number of hydrogen-bond acceptors (Lipinski definition) is 5. The Bertz CT molecular complexity index is 651. The van der Waals surface area contributed by atoms with Crippen molar-refractivity contribution in [3.05, 3.63) is 38.5 Å². The van der Waals surface area contributed by atoms with Crippen molar-refractivity contribution in [3.63, 3.8) is 0 Å². The Hall–Kier alpha value is -0.750. The van der Waals surface area contributed by atoms with Crippen molar-refractivity contribution >= 4 is 43.4 Å². The van der Waals surface area contributed by atoms with E-state index in [1.807, 2.05) is 22.7 Å². The summed E-state index contributed by atoms with van der Waals surface area (Å²) in [4.78, 5) is 6.05. The van der Waals surface area contributed by atoms with Crippen LogP contribution >= 0.6 is 34.0 Å². The fraction of sp³-hybridized carbons (Fsp3) is 0.400. The highest BCUT2D eigenvalue weighted by Gasteiger charge is 2.16. The number of thiazole rings is 1. The molecule has 0 radical (unpaired) electrons. The van der Waals surface area contributed by atoms with E-state index in [1.54, 1.807) is 11.3 Å². The van der Waals surface area contributed by atoms with Crippen molar-refractivity contribution in [1.29, 1.82) is 0 Å². The molecule has 0 spiro atoms. The van der Waals surface area contributed by atoms with E-state index in [1.165, 1.54) is 20.0 Å². The lowest BCUT2D eigenvalue weighted by molar-refractivity contribution is 0.532. The summed E-state index contributed by atoms with van der Waals surface area (Å²) < 4.78 is 2.81. The number of nitrogens with zero attached hydrogens (tertiary/aromatic N) is 1. The van der Waals surface area contributed by atoms with Crippen LogP contribution in [-0.4, -0.2) is 11.5 Å². The molecule has 0 aliphatic carbocycles. The zero-order valence-electron chi connectivity index (χ0n) is 11.7. The summed E-state index contributed by atoms with van der Waals surface area (Å²) in [6.45, 7) is 5.34. The van der Waals surface area contributed by atoms with Gasteiger partial charge in [0, 0.05) is 32.1 Å². The summed E-state index contributed by atoms with van der Waals surface area (Å²) in [5.74, 6) is 0. The molecule has 3 aromatic rings. The van der Waals surface area contributed by atoms with E-state index in [0.717, 1.165) is 24.4 Å². The lowest BCUT2D eigenvalue weighted by atomic mass is 10.1. The second-order valence-corrected chi connectivity index (χ2v) is 7.99. The lowest BCUT2D eigenvalue weighted by Crippen LogP contribution is -2.23. The van der Waals surface area contributed by atoms with Crippen molar-refractivity contribution < 1.29 is 0 Å². The first-order valence-electron chi connectivity index (χ1n) is 6.87. The quantitative estimate of drug-likeness (QED) is 0.690. The number of thiophene rings is 2. The standard InChI is InChI=1S/C15H18N2S3/c1-3-5-16-12(7-11-9-19-10(2)17-11)14-8-15-13(20-14)4-6-18-15/h4,6,8-9,12,16H,3,5,7H2,1-2H3. The molecule has 3 heterocycles. The van der Waals surface area contributed by atoms with Gasteiger partial charge in [0.2, 0.25) is 0 Å². The average Bonchev–Trinajstić information content (AvgIpc) is 3.09. The van der Waals surface area contributed by atoms with Crippen LogP contribution in [-0.2, 0) is 6.42 Å². The Morgan fingerprint density at radius 2 is 2.20 bits per heavy atom. The monoisotopic (exact) mass is 322 g/mol. The molecule has 2 nitrogen and oxygen atoms in total. The number of aromatic nitrogens is 1. The van der Waals surface area contributed by atoms with Gasteiger partial charge >= 0.3 is 0 Å². The zero-order chi connectivity index (χ0) is 13.9. The number of fused-ring (bicyclic) bond motifs is 1. The van der Waals surface area contributed by atoms with Crippen molar-refractivity contribution in [2.45, 2.75) is 32.7 Å². The molecule has 20 heavy (non-hydrogen) atoms. The SMILES string of the molecule is CCCNC(Cc1csc(C)n1)c1cc2sccc2s1. The lowest BCUT2D eigenvalue weighted by Gasteiger charge is -2.15. The molecule has 106 valence electrons. The third-order valence-electron chi connectivity index (χ3n) is 3.22. The van der Waals surface area contributed by atoms with E-state index in [0.29, 0.717) is 6.04 Å². The predicted molar refractivity (Wildman–Crippen MR) is 91.3 cm³/mol. The van der Waals surface area contributed by atoms with Crippen LogP contribution in [0.25, 0.3) is 9.40 Å². The first-order valence-corrected chi connectivity index (χ1v) is 9.45. The predicted octanol–water partition coefficient (Wildman–Crippen LogP) is 5.01. The van der Waals surface area contributed by atoms with Gasteiger partial charge in [-0.3, -0.25) is 0 Å². The minimum Gasteiger partial charge on any atom is -0.309 e. The molecule has 0 aliphatic rings. The summed E-state index contributed by atoms with van der Waals surface area (Å²) >= 11 is 5.48. The maximum Gasteiger partial charge on any atom is 0.0897 e. The Morgan fingerprint density at radius 3 is 2.90 bits per heavy atom. The molecule has 1 N–H and O–H groups in total. The van der Waals surface area contributed by atoms with E-state index < -0.39 is 0 Å². The molecule has 0 saturated heterocycles. The first-order chi connectivity index (χ1) is 9.76. The van der Waals surface area contributed by atoms with Crippen molar-refractivity contribution in [2.24, 2.45) is 0 Å². The Kier molecular flexibility index (Phi) is 4.51. The smallest absolute Gasteiger partial charge is 0.0897 e. The molecular formula is C15H18N2S3. The molecule has 0 bridgehead atoms. The second-order valence-electron chi connectivity index (χ2n) is 4.87. The third kappa shape index (κ3) is 3.11. The van der Waals surface area contributed by atoms with Crippen molar-refractivity contribution in [2.75, 3.05) is 6.54 Å². The fourth-order valence-electron chi connectivity index (χ4n) is 2.26. The summed E-state index contributed by atoms with van der Waals surface area (Å²) in [6, 6.07) is 4.95. The van der Waals surface area contributed by atoms with Crippen LogP contribution in [0, 0.1) is 6.92 Å². The van der Waals surface area contributed by atoms with E-state index >= 15 is 0 Å². The topological polar surface area (TPSA) is 24.9 Å². The van der Waals surface area contributed by atoms with Crippen molar-refractivity contribution in [1.82, 2.24) is 10.3 Å². The summed E-state index contributed by atoms with van der Waals surface area (Å²) in [5, 5.41) is 9.18. The van der Waals surface area contributed by atoms with Gasteiger partial charge in [0.1, 0.15) is 0 Å². The highest BCUT2D eigenvalue weighted by molar-refractivity contribution is 7.26. The Labute approximate surface area is 131 Å². The van der Waals surface area contributed by atoms with Crippen LogP contribution < -0.4 is 5.32 Å². The Balaban J connectivity index is 1.83. The fourth-order valence-corrected chi connectivity index (χ4v) is 5.08. The van der Waals surface area contributed by atoms with Crippen LogP contribution in [0.2, 0.25) is 0 Å². The van der Waals surface area contributed by atoms with Crippen LogP contribution in [0.3, 0.4) is 0 Å². The molecule has 0 saturated carbocycles. The summed E-state index contributed by atoms with van der Waals surface area (Å²) in [5.41, 5.74) is 1.21. The first kappa shape index (κ1) is 14.2. The average molecular weight is 323 g/mol. The molecule has 3 aromatic heterocycles. The van der Waals surface area contributed by atoms with Gasteiger partial charge in [-0.25, -0.2) is 4.98 Å². The van der Waals surface area contributed by atoms with E-state index in [9.17, 15) is 0 Å². The number of aryl methyl sites for hydroxylation is 1. The molecular weight excluding hydrogens is 304 g/mol. The molecule has 1 unspecified atom stereocenters. The van der Waals surface area contributed by atoms with E-state index in [-0.39, 0.29) is 0 Å². The van der Waals surface area contributed by atoms with Gasteiger partial charge in [-0.1, -0.05) is 6.92 Å². The minimum absolute atomic E-state index is 0.390. The molecule has 3 rings (SSSR count). The number of hydrogen-bond donors (Lipinski definition) is 1. The van der Waals surface area contributed by atoms with Crippen molar-refractivity contribution in [3.8, 4) is 0 Å². The van der Waals surface area contributed by atoms with E-state index in [2.05, 4.69) is 47.0 Å². The minimum atomic E-state index is 0.390. The normalized spacial score (nSPS) is 13.1. The summed E-state index contributed by atoms with van der Waals surface area (Å²) in [6.07, 6.45) is 2.14. The van der Waals surface area contributed by atoms with Gasteiger partial charge in [-0.05, 0) is 37.4 Å². The zero-order valence-corrected chi connectivity index (χ0v) is 14.1. The summed E-state index contributed by atoms with van der Waals surface area (Å²) in [7, 11) is 0. The van der Waals surface area contributed by atoms with Crippen LogP contribution in [0.4, 0.5) is 0 Å². The Morgan fingerprint density at radius 1 is 1.30 bits per heavy atom. The molecule has 0 fully saturated rings. The third-order valence-corrected chi connectivity index (χ3v) is 6.25. The maximum atomic E-state index is 4.61. The number of nitrogens with one attached hydrogen (secondary N) is 1. The molecule has 1 atom stereocenters. The highest BCUT2D eigenvalue weighted by Crippen LogP contribution is 2.34. The van der Waals surface area contributed by atoms with E-state index in [4.69, 9.17) is 0 Å². The van der Waals surface area contributed by atoms with Gasteiger partial charge < -0.3 is 5.32 Å². The second kappa shape index (κ2) is 6.35. The molecule has 0 amide bonds. The highest BCUT2D eigenvalue weighted by atomic mass is 32.1. The van der Waals surface area contributed by atoms with Gasteiger partial charge in [-0.2, -0.15) is 0 Å². The number of rotatable bonds is 6. The van der Waals surface area contributed by atoms with Gasteiger partial charge in [-0.15, -0.1) is 34.0 Å². The van der Waals surface area contributed by atoms with Crippen LogP contribution in [0.15, 0.2) is 22.9 Å². The maximum absolute atomic E-state index is 4.61. The van der Waals surface area contributed by atoms with Crippen LogP contribution in [0.1, 0.15) is 35.0 Å². The molecule has 0 aromatic carbocycles. The molecule has 5 heteroatoms.